The maximum absolute atomic E-state index is 12.4. The zero-order valence-electron chi connectivity index (χ0n) is 15.7. The Morgan fingerprint density at radius 2 is 1.83 bits per heavy atom. The Balaban J connectivity index is 1.60. The van der Waals surface area contributed by atoms with Gasteiger partial charge >= 0.3 is 0 Å². The number of methoxy groups -OCH3 is 1. The second-order valence-corrected chi connectivity index (χ2v) is 9.88. The molecule has 1 heterocycles. The predicted octanol–water partition coefficient (Wildman–Crippen LogP) is 4.07. The molecule has 0 aliphatic heterocycles. The molecule has 29 heavy (non-hydrogen) atoms. The first kappa shape index (κ1) is 21.2. The van der Waals surface area contributed by atoms with Crippen LogP contribution in [-0.2, 0) is 14.8 Å². The molecule has 0 unspecified atom stereocenters. The van der Waals surface area contributed by atoms with Crippen LogP contribution in [0.25, 0.3) is 0 Å². The maximum atomic E-state index is 12.4. The summed E-state index contributed by atoms with van der Waals surface area (Å²) in [7, 11) is -2.12. The Labute approximate surface area is 177 Å². The summed E-state index contributed by atoms with van der Waals surface area (Å²) < 4.78 is 32.2. The van der Waals surface area contributed by atoms with Crippen LogP contribution in [0, 0.1) is 0 Å². The Kier molecular flexibility index (Phi) is 6.78. The van der Waals surface area contributed by atoms with Crippen molar-refractivity contribution in [3.63, 3.8) is 0 Å². The Morgan fingerprint density at radius 3 is 2.41 bits per heavy atom. The van der Waals surface area contributed by atoms with Crippen LogP contribution in [0.3, 0.4) is 0 Å². The van der Waals surface area contributed by atoms with E-state index in [1.165, 1.54) is 41.4 Å². The number of anilines is 2. The molecule has 3 aromatic rings. The molecule has 0 bridgehead atoms. The third-order valence-electron chi connectivity index (χ3n) is 3.83. The van der Waals surface area contributed by atoms with E-state index in [9.17, 15) is 13.2 Å². The smallest absolute Gasteiger partial charge is 0.263 e. The van der Waals surface area contributed by atoms with Crippen LogP contribution >= 0.6 is 23.1 Å². The summed E-state index contributed by atoms with van der Waals surface area (Å²) >= 11 is 2.61. The number of thiazole rings is 1. The third kappa shape index (κ3) is 5.72. The molecule has 2 aromatic carbocycles. The van der Waals surface area contributed by atoms with Crippen LogP contribution in [0.1, 0.15) is 6.92 Å². The molecule has 1 amide bonds. The molecule has 10 heteroatoms. The van der Waals surface area contributed by atoms with Crippen molar-refractivity contribution in [2.24, 2.45) is 0 Å². The van der Waals surface area contributed by atoms with E-state index in [0.717, 1.165) is 10.6 Å². The van der Waals surface area contributed by atoms with Gasteiger partial charge in [0.05, 0.1) is 17.3 Å². The van der Waals surface area contributed by atoms with Gasteiger partial charge in [0.2, 0.25) is 5.91 Å². The standard InChI is InChI=1S/C19H19N3O4S3/c1-13(28-16-7-5-15(26-2)6-8-16)18(23)21-14-3-9-17(10-4-14)29(24,25)22-19-20-11-12-27-19/h3-13H,1-2H3,(H,20,22)(H,21,23)/t13-/m0/s1. The Morgan fingerprint density at radius 1 is 1.14 bits per heavy atom. The van der Waals surface area contributed by atoms with E-state index in [1.807, 2.05) is 24.3 Å². The molecule has 1 aromatic heterocycles. The molecule has 3 rings (SSSR count). The molecule has 2 N–H and O–H groups in total. The highest BCUT2D eigenvalue weighted by atomic mass is 32.2. The summed E-state index contributed by atoms with van der Waals surface area (Å²) in [5, 5.41) is 4.44. The van der Waals surface area contributed by atoms with Gasteiger partial charge in [-0.2, -0.15) is 0 Å². The summed E-state index contributed by atoms with van der Waals surface area (Å²) in [6.45, 7) is 1.81. The fraction of sp³-hybridized carbons (Fsp3) is 0.158. The first-order chi connectivity index (χ1) is 13.9. The second-order valence-electron chi connectivity index (χ2n) is 5.89. The van der Waals surface area contributed by atoms with E-state index in [1.54, 1.807) is 31.5 Å². The van der Waals surface area contributed by atoms with E-state index < -0.39 is 10.0 Å². The zero-order valence-corrected chi connectivity index (χ0v) is 18.1. The topological polar surface area (TPSA) is 97.4 Å². The van der Waals surface area contributed by atoms with Gasteiger partial charge in [-0.25, -0.2) is 13.4 Å². The number of hydrogen-bond donors (Lipinski definition) is 2. The van der Waals surface area contributed by atoms with Crippen LogP contribution < -0.4 is 14.8 Å². The van der Waals surface area contributed by atoms with E-state index in [-0.39, 0.29) is 16.1 Å². The lowest BCUT2D eigenvalue weighted by molar-refractivity contribution is -0.115. The number of sulfonamides is 1. The number of nitrogens with one attached hydrogen (secondary N) is 2. The van der Waals surface area contributed by atoms with Crippen LogP contribution in [0.15, 0.2) is 69.9 Å². The third-order valence-corrected chi connectivity index (χ3v) is 7.11. The quantitative estimate of drug-likeness (QED) is 0.503. The van der Waals surface area contributed by atoms with Crippen molar-refractivity contribution in [2.75, 3.05) is 17.1 Å². The Hall–Kier alpha value is -2.56. The lowest BCUT2D eigenvalue weighted by Gasteiger charge is -2.13. The normalized spacial score (nSPS) is 12.2. The predicted molar refractivity (Wildman–Crippen MR) is 116 cm³/mol. The van der Waals surface area contributed by atoms with Gasteiger partial charge in [-0.1, -0.05) is 0 Å². The van der Waals surface area contributed by atoms with Crippen LogP contribution in [-0.4, -0.2) is 31.7 Å². The summed E-state index contributed by atoms with van der Waals surface area (Å²) in [5.41, 5.74) is 0.519. The number of hydrogen-bond acceptors (Lipinski definition) is 7. The molecule has 1 atom stereocenters. The zero-order chi connectivity index (χ0) is 20.9. The fourth-order valence-corrected chi connectivity index (χ4v) is 4.98. The summed E-state index contributed by atoms with van der Waals surface area (Å²) in [6.07, 6.45) is 1.52. The summed E-state index contributed by atoms with van der Waals surface area (Å²) in [5.74, 6) is 0.577. The van der Waals surface area contributed by atoms with Gasteiger partial charge in [-0.3, -0.25) is 9.52 Å². The second kappa shape index (κ2) is 9.29. The number of nitrogens with zero attached hydrogens (tertiary/aromatic N) is 1. The van der Waals surface area contributed by atoms with Crippen LogP contribution in [0.2, 0.25) is 0 Å². The van der Waals surface area contributed by atoms with Gasteiger partial charge in [-0.05, 0) is 55.5 Å². The van der Waals surface area contributed by atoms with E-state index >= 15 is 0 Å². The molecular weight excluding hydrogens is 430 g/mol. The van der Waals surface area contributed by atoms with E-state index in [0.29, 0.717) is 10.8 Å². The maximum Gasteiger partial charge on any atom is 0.263 e. The van der Waals surface area contributed by atoms with Crippen LogP contribution in [0.5, 0.6) is 5.75 Å². The van der Waals surface area contributed by atoms with Crippen molar-refractivity contribution in [1.29, 1.82) is 0 Å². The number of thioether (sulfide) groups is 1. The minimum Gasteiger partial charge on any atom is -0.497 e. The number of aromatic nitrogens is 1. The molecule has 0 radical (unpaired) electrons. The van der Waals surface area contributed by atoms with Crippen LogP contribution in [0.4, 0.5) is 10.8 Å². The van der Waals surface area contributed by atoms with E-state index in [4.69, 9.17) is 4.74 Å². The van der Waals surface area contributed by atoms with Gasteiger partial charge in [0.25, 0.3) is 10.0 Å². The van der Waals surface area contributed by atoms with Gasteiger partial charge in [-0.15, -0.1) is 23.1 Å². The van der Waals surface area contributed by atoms with Gasteiger partial charge in [0.15, 0.2) is 5.13 Å². The molecule has 0 fully saturated rings. The number of rotatable bonds is 8. The molecule has 0 saturated carbocycles. The van der Waals surface area contributed by atoms with Crippen molar-refractivity contribution >= 4 is 49.8 Å². The first-order valence-electron chi connectivity index (χ1n) is 8.51. The largest absolute Gasteiger partial charge is 0.497 e. The molecule has 7 nitrogen and oxygen atoms in total. The number of carbonyl (C=O) groups excluding carboxylic acids is 1. The summed E-state index contributed by atoms with van der Waals surface area (Å²) in [4.78, 5) is 17.4. The highest BCUT2D eigenvalue weighted by Gasteiger charge is 2.17. The van der Waals surface area contributed by atoms with Crippen molar-refractivity contribution in [2.45, 2.75) is 22.0 Å². The summed E-state index contributed by atoms with van der Waals surface area (Å²) in [6, 6.07) is 13.4. The lowest BCUT2D eigenvalue weighted by atomic mass is 10.3. The van der Waals surface area contributed by atoms with Crippen molar-refractivity contribution in [3.05, 3.63) is 60.1 Å². The first-order valence-corrected chi connectivity index (χ1v) is 11.8. The Bertz CT molecular complexity index is 1050. The minimum atomic E-state index is -3.72. The molecule has 0 aliphatic carbocycles. The highest BCUT2D eigenvalue weighted by molar-refractivity contribution is 8.00. The monoisotopic (exact) mass is 449 g/mol. The number of ether oxygens (including phenoxy) is 1. The molecular formula is C19H19N3O4S3. The molecule has 0 aliphatic rings. The van der Waals surface area contributed by atoms with E-state index in [2.05, 4.69) is 15.0 Å². The number of amides is 1. The lowest BCUT2D eigenvalue weighted by Crippen LogP contribution is -2.22. The minimum absolute atomic E-state index is 0.0892. The fourth-order valence-electron chi connectivity index (χ4n) is 2.32. The number of benzene rings is 2. The number of carbonyl (C=O) groups is 1. The molecule has 0 spiro atoms. The van der Waals surface area contributed by atoms with Crippen molar-refractivity contribution in [3.8, 4) is 5.75 Å². The van der Waals surface area contributed by atoms with Crippen molar-refractivity contribution in [1.82, 2.24) is 4.98 Å². The van der Waals surface area contributed by atoms with Gasteiger partial charge in [0, 0.05) is 22.2 Å². The van der Waals surface area contributed by atoms with Gasteiger partial charge < -0.3 is 10.1 Å². The average Bonchev–Trinajstić information content (AvgIpc) is 3.21. The molecule has 0 saturated heterocycles. The molecule has 152 valence electrons. The van der Waals surface area contributed by atoms with Crippen molar-refractivity contribution < 1.29 is 17.9 Å². The highest BCUT2D eigenvalue weighted by Crippen LogP contribution is 2.26. The van der Waals surface area contributed by atoms with Gasteiger partial charge in [0.1, 0.15) is 5.75 Å². The SMILES string of the molecule is COc1ccc(S[C@@H](C)C(=O)Nc2ccc(S(=O)(=O)Nc3nccs3)cc2)cc1. The average molecular weight is 450 g/mol.